The van der Waals surface area contributed by atoms with Crippen LogP contribution < -0.4 is 0 Å². The fourth-order valence-electron chi connectivity index (χ4n) is 1.51. The lowest BCUT2D eigenvalue weighted by molar-refractivity contribution is 0.0371. The molecule has 0 saturated carbocycles. The van der Waals surface area contributed by atoms with Gasteiger partial charge in [-0.1, -0.05) is 34.8 Å². The van der Waals surface area contributed by atoms with Crippen molar-refractivity contribution in [3.63, 3.8) is 0 Å². The average Bonchev–Trinajstić information content (AvgIpc) is 2.24. The maximum atomic E-state index is 11.7. The highest BCUT2D eigenvalue weighted by molar-refractivity contribution is 6.67. The van der Waals surface area contributed by atoms with E-state index in [1.807, 2.05) is 13.0 Å². The number of amides is 1. The van der Waals surface area contributed by atoms with E-state index < -0.39 is 9.89 Å². The molecule has 0 saturated heterocycles. The monoisotopic (exact) mass is 301 g/mol. The van der Waals surface area contributed by atoms with Crippen LogP contribution in [0.5, 0.6) is 0 Å². The lowest BCUT2D eigenvalue weighted by Gasteiger charge is -2.33. The standard InChI is InChI=1S/C10H14Cl3NO3/c1-7-8(4-3-5-16-7)14(2)9(15)17-6-10(11,12)13/h3,5,7-8H,4,6H2,1-2H3. The van der Waals surface area contributed by atoms with Crippen LogP contribution in [0.25, 0.3) is 0 Å². The molecule has 2 atom stereocenters. The zero-order chi connectivity index (χ0) is 13.1. The van der Waals surface area contributed by atoms with Crippen molar-refractivity contribution in [3.8, 4) is 0 Å². The normalized spacial score (nSPS) is 24.1. The van der Waals surface area contributed by atoms with Crippen molar-refractivity contribution >= 4 is 40.9 Å². The number of carbonyl (C=O) groups is 1. The molecule has 1 aliphatic heterocycles. The molecule has 0 aromatic carbocycles. The van der Waals surface area contributed by atoms with Crippen LogP contribution in [0.2, 0.25) is 0 Å². The molecule has 0 radical (unpaired) electrons. The predicted molar refractivity (Wildman–Crippen MR) is 67.5 cm³/mol. The average molecular weight is 303 g/mol. The van der Waals surface area contributed by atoms with Gasteiger partial charge in [-0.2, -0.15) is 0 Å². The summed E-state index contributed by atoms with van der Waals surface area (Å²) in [5.74, 6) is 0. The van der Waals surface area contributed by atoms with Gasteiger partial charge in [0.15, 0.2) is 0 Å². The number of ether oxygens (including phenoxy) is 2. The molecule has 1 aliphatic rings. The Balaban J connectivity index is 2.48. The van der Waals surface area contributed by atoms with Crippen LogP contribution in [0.15, 0.2) is 12.3 Å². The number of likely N-dealkylation sites (N-methyl/N-ethyl adjacent to an activating group) is 1. The fourth-order valence-corrected chi connectivity index (χ4v) is 1.67. The Kier molecular flexibility index (Phi) is 5.22. The SMILES string of the molecule is CC1OC=CCC1N(C)C(=O)OCC(Cl)(Cl)Cl. The largest absolute Gasteiger partial charge is 0.496 e. The lowest BCUT2D eigenvalue weighted by atomic mass is 10.1. The molecule has 4 nitrogen and oxygen atoms in total. The van der Waals surface area contributed by atoms with E-state index in [0.717, 1.165) is 0 Å². The summed E-state index contributed by atoms with van der Waals surface area (Å²) in [5.41, 5.74) is 0. The van der Waals surface area contributed by atoms with Gasteiger partial charge in [0, 0.05) is 7.05 Å². The maximum absolute atomic E-state index is 11.7. The van der Waals surface area contributed by atoms with Crippen molar-refractivity contribution in [2.24, 2.45) is 0 Å². The second-order valence-electron chi connectivity index (χ2n) is 3.80. The molecular weight excluding hydrogens is 288 g/mol. The molecule has 0 N–H and O–H groups in total. The van der Waals surface area contributed by atoms with Gasteiger partial charge in [-0.05, 0) is 19.4 Å². The molecule has 1 amide bonds. The van der Waals surface area contributed by atoms with Gasteiger partial charge in [-0.3, -0.25) is 0 Å². The van der Waals surface area contributed by atoms with Crippen LogP contribution in [-0.4, -0.2) is 40.6 Å². The summed E-state index contributed by atoms with van der Waals surface area (Å²) < 4.78 is 8.59. The Labute approximate surface area is 115 Å². The molecule has 0 bridgehead atoms. The number of carbonyl (C=O) groups excluding carboxylic acids is 1. The summed E-state index contributed by atoms with van der Waals surface area (Å²) in [6, 6.07) is -0.0807. The van der Waals surface area contributed by atoms with Crippen molar-refractivity contribution < 1.29 is 14.3 Å². The summed E-state index contributed by atoms with van der Waals surface area (Å²) in [6.45, 7) is 1.60. The van der Waals surface area contributed by atoms with E-state index in [9.17, 15) is 4.79 Å². The van der Waals surface area contributed by atoms with Crippen LogP contribution in [0.1, 0.15) is 13.3 Å². The molecule has 1 rings (SSSR count). The topological polar surface area (TPSA) is 38.8 Å². The molecule has 0 aliphatic carbocycles. The first kappa shape index (κ1) is 14.7. The highest BCUT2D eigenvalue weighted by Crippen LogP contribution is 2.26. The first-order chi connectivity index (χ1) is 7.81. The van der Waals surface area contributed by atoms with Gasteiger partial charge >= 0.3 is 6.09 Å². The minimum Gasteiger partial charge on any atom is -0.496 e. The van der Waals surface area contributed by atoms with E-state index in [1.54, 1.807) is 13.3 Å². The van der Waals surface area contributed by atoms with E-state index in [0.29, 0.717) is 6.42 Å². The smallest absolute Gasteiger partial charge is 0.410 e. The number of halogens is 3. The highest BCUT2D eigenvalue weighted by Gasteiger charge is 2.30. The third-order valence-electron chi connectivity index (χ3n) is 2.45. The first-order valence-corrected chi connectivity index (χ1v) is 6.21. The maximum Gasteiger partial charge on any atom is 0.410 e. The van der Waals surface area contributed by atoms with Crippen LogP contribution in [0.4, 0.5) is 4.79 Å². The van der Waals surface area contributed by atoms with Crippen molar-refractivity contribution in [3.05, 3.63) is 12.3 Å². The van der Waals surface area contributed by atoms with Gasteiger partial charge < -0.3 is 14.4 Å². The number of hydrogen-bond acceptors (Lipinski definition) is 3. The zero-order valence-electron chi connectivity index (χ0n) is 9.53. The third kappa shape index (κ3) is 4.82. The van der Waals surface area contributed by atoms with Gasteiger partial charge in [-0.15, -0.1) is 0 Å². The predicted octanol–water partition coefficient (Wildman–Crippen LogP) is 3.12. The molecule has 98 valence electrons. The Bertz CT molecular complexity index is 304. The van der Waals surface area contributed by atoms with E-state index >= 15 is 0 Å². The Morgan fingerprint density at radius 2 is 2.24 bits per heavy atom. The highest BCUT2D eigenvalue weighted by atomic mass is 35.6. The Morgan fingerprint density at radius 1 is 1.59 bits per heavy atom. The number of alkyl halides is 3. The summed E-state index contributed by atoms with van der Waals surface area (Å²) in [5, 5.41) is 0. The Hall–Kier alpha value is -0.320. The van der Waals surface area contributed by atoms with Crippen molar-refractivity contribution in [2.45, 2.75) is 29.3 Å². The van der Waals surface area contributed by atoms with Gasteiger partial charge in [0.1, 0.15) is 12.7 Å². The number of rotatable bonds is 2. The van der Waals surface area contributed by atoms with Gasteiger partial charge in [0.05, 0.1) is 12.3 Å². The van der Waals surface area contributed by atoms with Gasteiger partial charge in [0.25, 0.3) is 0 Å². The molecule has 1 heterocycles. The minimum absolute atomic E-state index is 0.0807. The Morgan fingerprint density at radius 3 is 2.76 bits per heavy atom. The van der Waals surface area contributed by atoms with E-state index in [2.05, 4.69) is 0 Å². The van der Waals surface area contributed by atoms with Crippen LogP contribution >= 0.6 is 34.8 Å². The quantitative estimate of drug-likeness (QED) is 0.736. The number of hydrogen-bond donors (Lipinski definition) is 0. The van der Waals surface area contributed by atoms with Crippen LogP contribution in [-0.2, 0) is 9.47 Å². The van der Waals surface area contributed by atoms with Gasteiger partial charge in [-0.25, -0.2) is 4.79 Å². The molecule has 0 fully saturated rings. The van der Waals surface area contributed by atoms with Crippen LogP contribution in [0.3, 0.4) is 0 Å². The molecule has 0 aromatic rings. The number of nitrogens with zero attached hydrogens (tertiary/aromatic N) is 1. The zero-order valence-corrected chi connectivity index (χ0v) is 11.8. The fraction of sp³-hybridized carbons (Fsp3) is 0.700. The second kappa shape index (κ2) is 6.03. The van der Waals surface area contributed by atoms with Gasteiger partial charge in [0.2, 0.25) is 3.79 Å². The van der Waals surface area contributed by atoms with E-state index in [-0.39, 0.29) is 18.8 Å². The van der Waals surface area contributed by atoms with Crippen molar-refractivity contribution in [1.29, 1.82) is 0 Å². The molecule has 2 unspecified atom stereocenters. The molecule has 0 aromatic heterocycles. The molecule has 17 heavy (non-hydrogen) atoms. The van der Waals surface area contributed by atoms with E-state index in [1.165, 1.54) is 4.90 Å². The second-order valence-corrected chi connectivity index (χ2v) is 6.31. The summed E-state index contributed by atoms with van der Waals surface area (Å²) >= 11 is 16.5. The molecule has 7 heteroatoms. The summed E-state index contributed by atoms with van der Waals surface area (Å²) in [7, 11) is 1.63. The third-order valence-corrected chi connectivity index (χ3v) is 2.78. The molecule has 0 spiro atoms. The lowest BCUT2D eigenvalue weighted by Crippen LogP contribution is -2.45. The van der Waals surface area contributed by atoms with Crippen molar-refractivity contribution in [1.82, 2.24) is 4.90 Å². The summed E-state index contributed by atoms with van der Waals surface area (Å²) in [4.78, 5) is 13.1. The van der Waals surface area contributed by atoms with Crippen LogP contribution in [0, 0.1) is 0 Å². The minimum atomic E-state index is -1.59. The molecular formula is C10H14Cl3NO3. The van der Waals surface area contributed by atoms with E-state index in [4.69, 9.17) is 44.3 Å². The summed E-state index contributed by atoms with van der Waals surface area (Å²) in [6.07, 6.45) is 3.56. The van der Waals surface area contributed by atoms with Crippen molar-refractivity contribution in [2.75, 3.05) is 13.7 Å². The first-order valence-electron chi connectivity index (χ1n) is 5.08.